The minimum atomic E-state index is -1.01. The fraction of sp³-hybridized carbons (Fsp3) is 0.115. The number of ether oxygens (including phenoxy) is 2. The molecule has 35 heavy (non-hydrogen) atoms. The highest BCUT2D eigenvalue weighted by Gasteiger charge is 2.15. The summed E-state index contributed by atoms with van der Waals surface area (Å²) in [6.07, 6.45) is 1.36. The monoisotopic (exact) mass is 538 g/mol. The average molecular weight is 539 g/mol. The summed E-state index contributed by atoms with van der Waals surface area (Å²) in [6.45, 7) is 2.30. The summed E-state index contributed by atoms with van der Waals surface area (Å²) in [5.74, 6) is -1.59. The van der Waals surface area contributed by atoms with Crippen LogP contribution in [0.1, 0.15) is 28.4 Å². The van der Waals surface area contributed by atoms with Gasteiger partial charge in [0.05, 0.1) is 17.9 Å². The smallest absolute Gasteiger partial charge is 0.335 e. The van der Waals surface area contributed by atoms with Crippen LogP contribution in [0.5, 0.6) is 11.5 Å². The lowest BCUT2D eigenvalue weighted by atomic mass is 10.1. The van der Waals surface area contributed by atoms with Crippen LogP contribution in [-0.4, -0.2) is 23.6 Å². The van der Waals surface area contributed by atoms with Gasteiger partial charge in [0, 0.05) is 4.47 Å². The molecule has 0 unspecified atom stereocenters. The zero-order valence-electron chi connectivity index (χ0n) is 18.5. The number of nitrogens with one attached hydrogen (secondary N) is 1. The predicted molar refractivity (Wildman–Crippen MR) is 132 cm³/mol. The molecule has 0 aromatic heterocycles. The van der Waals surface area contributed by atoms with Gasteiger partial charge in [-0.3, -0.25) is 4.79 Å². The van der Waals surface area contributed by atoms with Crippen LogP contribution in [0.2, 0.25) is 0 Å². The number of benzene rings is 3. The summed E-state index contributed by atoms with van der Waals surface area (Å²) in [4.78, 5) is 23.5. The first kappa shape index (κ1) is 25.5. The average Bonchev–Trinajstić information content (AvgIpc) is 2.84. The summed E-state index contributed by atoms with van der Waals surface area (Å²) in [5, 5.41) is 20.9. The molecule has 7 nitrogen and oxygen atoms in total. The number of hydrogen-bond donors (Lipinski definition) is 2. The number of para-hydroxylation sites is 1. The molecule has 0 heterocycles. The normalized spacial score (nSPS) is 10.9. The highest BCUT2D eigenvalue weighted by molar-refractivity contribution is 9.10. The fourth-order valence-electron chi connectivity index (χ4n) is 3.00. The van der Waals surface area contributed by atoms with Gasteiger partial charge in [-0.1, -0.05) is 40.2 Å². The Balaban J connectivity index is 1.83. The maximum absolute atomic E-state index is 13.9. The number of carboxylic acids is 1. The number of aromatic carboxylic acids is 1. The third-order valence-corrected chi connectivity index (χ3v) is 5.43. The Morgan fingerprint density at radius 2 is 1.80 bits per heavy atom. The molecule has 0 aliphatic rings. The number of carboxylic acid groups (broad SMARTS) is 1. The third-order valence-electron chi connectivity index (χ3n) is 4.75. The molecular formula is C26H20BrFN2O5. The van der Waals surface area contributed by atoms with Crippen LogP contribution in [0, 0.1) is 17.1 Å². The van der Waals surface area contributed by atoms with Crippen LogP contribution in [0.25, 0.3) is 6.08 Å². The van der Waals surface area contributed by atoms with Crippen molar-refractivity contribution in [3.8, 4) is 17.6 Å². The number of carbonyl (C=O) groups is 2. The van der Waals surface area contributed by atoms with E-state index in [0.717, 1.165) is 5.56 Å². The predicted octanol–water partition coefficient (Wildman–Crippen LogP) is 5.81. The number of rotatable bonds is 9. The van der Waals surface area contributed by atoms with Gasteiger partial charge >= 0.3 is 5.97 Å². The van der Waals surface area contributed by atoms with Gasteiger partial charge in [-0.15, -0.1) is 0 Å². The minimum absolute atomic E-state index is 0.0344. The lowest BCUT2D eigenvalue weighted by Gasteiger charge is -2.14. The molecule has 0 fully saturated rings. The summed E-state index contributed by atoms with van der Waals surface area (Å²) in [7, 11) is 0. The van der Waals surface area contributed by atoms with Crippen molar-refractivity contribution in [1.82, 2.24) is 0 Å². The maximum Gasteiger partial charge on any atom is 0.335 e. The van der Waals surface area contributed by atoms with E-state index in [0.29, 0.717) is 28.1 Å². The molecular weight excluding hydrogens is 519 g/mol. The van der Waals surface area contributed by atoms with Crippen molar-refractivity contribution in [1.29, 1.82) is 5.26 Å². The Hall–Kier alpha value is -4.16. The number of carbonyl (C=O) groups excluding carboxylic acids is 1. The van der Waals surface area contributed by atoms with Gasteiger partial charge in [-0.2, -0.15) is 5.26 Å². The Labute approximate surface area is 209 Å². The summed E-state index contributed by atoms with van der Waals surface area (Å²) >= 11 is 3.42. The van der Waals surface area contributed by atoms with Crippen LogP contribution in [0.3, 0.4) is 0 Å². The van der Waals surface area contributed by atoms with Gasteiger partial charge in [0.1, 0.15) is 24.1 Å². The van der Waals surface area contributed by atoms with Gasteiger partial charge in [-0.05, 0) is 60.5 Å². The number of anilines is 1. The number of amides is 1. The fourth-order valence-corrected chi connectivity index (χ4v) is 3.44. The van der Waals surface area contributed by atoms with Gasteiger partial charge in [-0.25, -0.2) is 9.18 Å². The molecule has 1 amide bonds. The second-order valence-electron chi connectivity index (χ2n) is 7.15. The molecule has 3 aromatic rings. The number of halogens is 2. The molecule has 0 saturated heterocycles. The second-order valence-corrected chi connectivity index (χ2v) is 8.00. The molecule has 0 bridgehead atoms. The molecule has 0 aliphatic carbocycles. The van der Waals surface area contributed by atoms with Crippen LogP contribution in [0.4, 0.5) is 10.1 Å². The highest BCUT2D eigenvalue weighted by atomic mass is 79.9. The van der Waals surface area contributed by atoms with Gasteiger partial charge in [0.2, 0.25) is 0 Å². The Morgan fingerprint density at radius 1 is 1.11 bits per heavy atom. The van der Waals surface area contributed by atoms with Crippen molar-refractivity contribution in [3.05, 3.63) is 93.2 Å². The van der Waals surface area contributed by atoms with Crippen molar-refractivity contribution in [2.24, 2.45) is 0 Å². The first-order valence-electron chi connectivity index (χ1n) is 10.4. The van der Waals surface area contributed by atoms with E-state index in [1.165, 1.54) is 36.4 Å². The molecule has 0 aliphatic heterocycles. The summed E-state index contributed by atoms with van der Waals surface area (Å²) in [6, 6.07) is 17.0. The minimum Gasteiger partial charge on any atom is -0.490 e. The Kier molecular flexibility index (Phi) is 8.59. The zero-order chi connectivity index (χ0) is 25.4. The van der Waals surface area contributed by atoms with E-state index in [-0.39, 0.29) is 23.4 Å². The standard InChI is InChI=1S/C26H20BrFN2O5/c1-2-34-23-12-18(11-19(14-29)25(31)30-22-6-4-3-5-21(22)28)20(27)13-24(23)35-15-16-7-9-17(10-8-16)26(32)33/h3-13H,2,15H2,1H3,(H,30,31)(H,32,33)/b19-11-. The molecule has 0 radical (unpaired) electrons. The number of hydrogen-bond acceptors (Lipinski definition) is 5. The van der Waals surface area contributed by atoms with E-state index in [4.69, 9.17) is 14.6 Å². The SMILES string of the molecule is CCOc1cc(/C=C(/C#N)C(=O)Nc2ccccc2F)c(Br)cc1OCc1ccc(C(=O)O)cc1. The van der Waals surface area contributed by atoms with E-state index in [9.17, 15) is 19.2 Å². The van der Waals surface area contributed by atoms with Gasteiger partial charge in [0.25, 0.3) is 5.91 Å². The third kappa shape index (κ3) is 6.68. The molecule has 0 saturated carbocycles. The molecule has 2 N–H and O–H groups in total. The van der Waals surface area contributed by atoms with Crippen LogP contribution >= 0.6 is 15.9 Å². The number of nitriles is 1. The van der Waals surface area contributed by atoms with E-state index in [2.05, 4.69) is 21.2 Å². The maximum atomic E-state index is 13.9. The summed E-state index contributed by atoms with van der Waals surface area (Å²) < 4.78 is 25.9. The molecule has 178 valence electrons. The van der Waals surface area contributed by atoms with Crippen LogP contribution < -0.4 is 14.8 Å². The quantitative estimate of drug-likeness (QED) is 0.263. The summed E-state index contributed by atoms with van der Waals surface area (Å²) in [5.41, 5.74) is 1.15. The second kappa shape index (κ2) is 11.8. The van der Waals surface area contributed by atoms with E-state index >= 15 is 0 Å². The topological polar surface area (TPSA) is 109 Å². The van der Waals surface area contributed by atoms with Crippen molar-refractivity contribution < 1.29 is 28.6 Å². The molecule has 3 rings (SSSR count). The van der Waals surface area contributed by atoms with Crippen molar-refractivity contribution >= 4 is 39.6 Å². The van der Waals surface area contributed by atoms with Crippen LogP contribution in [-0.2, 0) is 11.4 Å². The lowest BCUT2D eigenvalue weighted by molar-refractivity contribution is -0.112. The van der Waals surface area contributed by atoms with E-state index in [1.54, 1.807) is 37.3 Å². The van der Waals surface area contributed by atoms with Gasteiger partial charge < -0.3 is 19.9 Å². The molecule has 3 aromatic carbocycles. The Bertz CT molecular complexity index is 1320. The van der Waals surface area contributed by atoms with Gasteiger partial charge in [0.15, 0.2) is 11.5 Å². The highest BCUT2D eigenvalue weighted by Crippen LogP contribution is 2.35. The molecule has 0 spiro atoms. The van der Waals surface area contributed by atoms with E-state index in [1.807, 2.05) is 6.07 Å². The molecule has 0 atom stereocenters. The van der Waals surface area contributed by atoms with Crippen molar-refractivity contribution in [2.45, 2.75) is 13.5 Å². The largest absolute Gasteiger partial charge is 0.490 e. The Morgan fingerprint density at radius 3 is 2.43 bits per heavy atom. The first-order valence-corrected chi connectivity index (χ1v) is 11.2. The van der Waals surface area contributed by atoms with E-state index < -0.39 is 17.7 Å². The first-order chi connectivity index (χ1) is 16.8. The zero-order valence-corrected chi connectivity index (χ0v) is 20.1. The molecule has 9 heteroatoms. The lowest BCUT2D eigenvalue weighted by Crippen LogP contribution is -2.14. The van der Waals surface area contributed by atoms with Crippen LogP contribution in [0.15, 0.2) is 70.7 Å². The van der Waals surface area contributed by atoms with Crippen molar-refractivity contribution in [2.75, 3.05) is 11.9 Å². The number of nitrogens with zero attached hydrogens (tertiary/aromatic N) is 1. The van der Waals surface area contributed by atoms with Crippen molar-refractivity contribution in [3.63, 3.8) is 0 Å².